The topological polar surface area (TPSA) is 102 Å². The van der Waals surface area contributed by atoms with Crippen molar-refractivity contribution in [3.63, 3.8) is 0 Å². The number of carbonyl (C=O) groups is 4. The molecule has 3 amide bonds. The van der Waals surface area contributed by atoms with Gasteiger partial charge in [-0.25, -0.2) is 0 Å². The van der Waals surface area contributed by atoms with Gasteiger partial charge in [-0.1, -0.05) is 51.3 Å². The van der Waals surface area contributed by atoms with E-state index in [1.165, 1.54) is 12.8 Å². The summed E-state index contributed by atoms with van der Waals surface area (Å²) in [5, 5.41) is 6.09. The van der Waals surface area contributed by atoms with Crippen molar-refractivity contribution >= 4 is 29.2 Å². The van der Waals surface area contributed by atoms with Crippen molar-refractivity contribution in [2.45, 2.75) is 96.6 Å². The van der Waals surface area contributed by atoms with Gasteiger partial charge in [0.15, 0.2) is 5.78 Å². The lowest BCUT2D eigenvalue weighted by Gasteiger charge is -2.30. The highest BCUT2D eigenvalue weighted by atomic mass is 16.2. The summed E-state index contributed by atoms with van der Waals surface area (Å²) in [6.45, 7) is 8.31. The number of rotatable bonds is 11. The van der Waals surface area contributed by atoms with E-state index in [0.717, 1.165) is 76.0 Å². The van der Waals surface area contributed by atoms with Gasteiger partial charge in [-0.15, -0.1) is 0 Å². The Kier molecular flexibility index (Phi) is 11.3. The SMILES string of the molecule is CCC(=O)NC(Cc1ccc(NC(=O)[C@@H](CC(=O)C2=CC(C)CN2C)C2CCCCC2)cc1)C(=O)N1CCCN2CCCC2C1. The zero-order valence-corrected chi connectivity index (χ0v) is 27.6. The van der Waals surface area contributed by atoms with E-state index >= 15 is 0 Å². The van der Waals surface area contributed by atoms with Gasteiger partial charge in [-0.2, -0.15) is 0 Å². The summed E-state index contributed by atoms with van der Waals surface area (Å²) in [7, 11) is 1.95. The summed E-state index contributed by atoms with van der Waals surface area (Å²) in [5.41, 5.74) is 2.34. The number of amides is 3. The Morgan fingerprint density at radius 2 is 1.64 bits per heavy atom. The molecule has 1 aromatic rings. The second-order valence-electron chi connectivity index (χ2n) is 13.9. The molecule has 0 bridgehead atoms. The Bertz CT molecular complexity index is 1240. The molecular formula is C36H53N5O4. The Balaban J connectivity index is 1.24. The Labute approximate surface area is 269 Å². The fourth-order valence-electron chi connectivity index (χ4n) is 7.92. The van der Waals surface area contributed by atoms with Gasteiger partial charge >= 0.3 is 0 Å². The van der Waals surface area contributed by atoms with Crippen LogP contribution in [0.15, 0.2) is 36.0 Å². The van der Waals surface area contributed by atoms with E-state index in [9.17, 15) is 19.2 Å². The number of allylic oxidation sites excluding steroid dienone is 1. The summed E-state index contributed by atoms with van der Waals surface area (Å²) < 4.78 is 0. The molecule has 3 heterocycles. The first-order chi connectivity index (χ1) is 21.7. The smallest absolute Gasteiger partial charge is 0.245 e. The second kappa shape index (κ2) is 15.4. The first kappa shape index (κ1) is 33.2. The standard InChI is InChI=1S/C36H53N5O4/c1-4-34(43)38-31(36(45)41-19-9-18-40-17-8-12-29(40)24-41)21-26-13-15-28(16-14-26)37-35(44)30(27-10-6-5-7-11-27)22-33(42)32-20-25(2)23-39(32)3/h13-16,20,25,27,29-31H,4-12,17-19,21-24H2,1-3H3,(H,37,44)(H,38,43)/t25?,29?,30-,31?/m0/s1. The number of carbonyl (C=O) groups excluding carboxylic acids is 4. The number of Topliss-reactive ketones (excluding diaryl/α,β-unsaturated/α-hetero) is 1. The van der Waals surface area contributed by atoms with Crippen LogP contribution < -0.4 is 10.6 Å². The number of anilines is 1. The van der Waals surface area contributed by atoms with Gasteiger partial charge in [0.05, 0.1) is 5.70 Å². The number of hydrogen-bond acceptors (Lipinski definition) is 6. The fraction of sp³-hybridized carbons (Fsp3) is 0.667. The van der Waals surface area contributed by atoms with E-state index in [2.05, 4.69) is 22.5 Å². The van der Waals surface area contributed by atoms with Gasteiger partial charge in [0, 0.05) is 70.1 Å². The summed E-state index contributed by atoms with van der Waals surface area (Å²) in [5.74, 6) is -0.0105. The lowest BCUT2D eigenvalue weighted by atomic mass is 9.77. The van der Waals surface area contributed by atoms with Gasteiger partial charge in [-0.05, 0) is 68.2 Å². The molecule has 1 aliphatic carbocycles. The molecule has 0 radical (unpaired) electrons. The number of hydrogen-bond donors (Lipinski definition) is 2. The molecule has 0 aromatic heterocycles. The maximum atomic E-state index is 13.8. The van der Waals surface area contributed by atoms with Crippen molar-refractivity contribution < 1.29 is 19.2 Å². The number of ketones is 1. The van der Waals surface area contributed by atoms with Crippen LogP contribution in [-0.2, 0) is 25.6 Å². The summed E-state index contributed by atoms with van der Waals surface area (Å²) >= 11 is 0. The van der Waals surface area contributed by atoms with Crippen LogP contribution >= 0.6 is 0 Å². The molecule has 9 heteroatoms. The molecule has 246 valence electrons. The number of nitrogens with one attached hydrogen (secondary N) is 2. The van der Waals surface area contributed by atoms with Crippen LogP contribution in [0, 0.1) is 17.8 Å². The molecule has 4 atom stereocenters. The van der Waals surface area contributed by atoms with Crippen LogP contribution in [-0.4, -0.2) is 90.1 Å². The maximum Gasteiger partial charge on any atom is 0.245 e. The third-order valence-electron chi connectivity index (χ3n) is 10.4. The molecule has 3 aliphatic heterocycles. The van der Waals surface area contributed by atoms with Gasteiger partial charge < -0.3 is 20.4 Å². The van der Waals surface area contributed by atoms with Gasteiger partial charge in [-0.3, -0.25) is 24.1 Å². The average molecular weight is 620 g/mol. The first-order valence-corrected chi connectivity index (χ1v) is 17.4. The molecule has 3 fully saturated rings. The highest BCUT2D eigenvalue weighted by Crippen LogP contribution is 2.34. The summed E-state index contributed by atoms with van der Waals surface area (Å²) in [4.78, 5) is 59.7. The molecule has 2 N–H and O–H groups in total. The zero-order valence-electron chi connectivity index (χ0n) is 27.6. The second-order valence-corrected chi connectivity index (χ2v) is 13.9. The average Bonchev–Trinajstić information content (AvgIpc) is 3.57. The summed E-state index contributed by atoms with van der Waals surface area (Å²) in [6, 6.07) is 7.37. The van der Waals surface area contributed by atoms with Crippen molar-refractivity contribution in [2.24, 2.45) is 17.8 Å². The molecule has 1 aromatic carbocycles. The number of benzene rings is 1. The highest BCUT2D eigenvalue weighted by molar-refractivity contribution is 6.00. The third-order valence-corrected chi connectivity index (χ3v) is 10.4. The van der Waals surface area contributed by atoms with Crippen molar-refractivity contribution in [1.29, 1.82) is 0 Å². The summed E-state index contributed by atoms with van der Waals surface area (Å²) in [6.07, 6.45) is 11.6. The highest BCUT2D eigenvalue weighted by Gasteiger charge is 2.35. The van der Waals surface area contributed by atoms with Crippen LogP contribution in [0.1, 0.15) is 83.6 Å². The quantitative estimate of drug-likeness (QED) is 0.381. The third kappa shape index (κ3) is 8.54. The van der Waals surface area contributed by atoms with Crippen LogP contribution in [0.25, 0.3) is 0 Å². The molecule has 5 rings (SSSR count). The van der Waals surface area contributed by atoms with E-state index in [-0.39, 0.29) is 41.8 Å². The monoisotopic (exact) mass is 619 g/mol. The Hall–Kier alpha value is -3.20. The van der Waals surface area contributed by atoms with E-state index in [1.807, 2.05) is 47.2 Å². The predicted molar refractivity (Wildman–Crippen MR) is 176 cm³/mol. The number of nitrogens with zero attached hydrogens (tertiary/aromatic N) is 3. The molecule has 1 saturated carbocycles. The maximum absolute atomic E-state index is 13.8. The normalized spacial score (nSPS) is 23.9. The molecular weight excluding hydrogens is 566 g/mol. The van der Waals surface area contributed by atoms with Crippen molar-refractivity contribution in [1.82, 2.24) is 20.0 Å². The predicted octanol–water partition coefficient (Wildman–Crippen LogP) is 4.38. The minimum absolute atomic E-state index is 0.0136. The van der Waals surface area contributed by atoms with E-state index in [0.29, 0.717) is 37.0 Å². The van der Waals surface area contributed by atoms with Crippen molar-refractivity contribution in [3.05, 3.63) is 41.6 Å². The van der Waals surface area contributed by atoms with Crippen LogP contribution in [0.5, 0.6) is 0 Å². The first-order valence-electron chi connectivity index (χ1n) is 17.4. The van der Waals surface area contributed by atoms with Crippen LogP contribution in [0.2, 0.25) is 0 Å². The molecule has 0 spiro atoms. The Morgan fingerprint density at radius 3 is 2.33 bits per heavy atom. The van der Waals surface area contributed by atoms with Crippen molar-refractivity contribution in [2.75, 3.05) is 45.1 Å². The van der Waals surface area contributed by atoms with Gasteiger partial charge in [0.2, 0.25) is 17.7 Å². The molecule has 45 heavy (non-hydrogen) atoms. The molecule has 4 aliphatic rings. The number of likely N-dealkylation sites (N-methyl/N-ethyl adjacent to an activating group) is 1. The lowest BCUT2D eigenvalue weighted by molar-refractivity contribution is -0.136. The molecule has 3 unspecified atom stereocenters. The van der Waals surface area contributed by atoms with Crippen LogP contribution in [0.3, 0.4) is 0 Å². The number of fused-ring (bicyclic) bond motifs is 1. The minimum Gasteiger partial charge on any atom is -0.371 e. The van der Waals surface area contributed by atoms with E-state index < -0.39 is 6.04 Å². The van der Waals surface area contributed by atoms with Gasteiger partial charge in [0.1, 0.15) is 6.04 Å². The minimum atomic E-state index is -0.627. The lowest BCUT2D eigenvalue weighted by Crippen LogP contribution is -2.51. The van der Waals surface area contributed by atoms with E-state index in [4.69, 9.17) is 0 Å². The largest absolute Gasteiger partial charge is 0.371 e. The molecule has 2 saturated heterocycles. The fourth-order valence-corrected chi connectivity index (χ4v) is 7.92. The molecule has 9 nitrogen and oxygen atoms in total. The Morgan fingerprint density at radius 1 is 0.911 bits per heavy atom. The van der Waals surface area contributed by atoms with E-state index in [1.54, 1.807) is 6.92 Å². The van der Waals surface area contributed by atoms with Crippen molar-refractivity contribution in [3.8, 4) is 0 Å². The van der Waals surface area contributed by atoms with Gasteiger partial charge in [0.25, 0.3) is 0 Å². The van der Waals surface area contributed by atoms with Crippen LogP contribution in [0.4, 0.5) is 5.69 Å². The zero-order chi connectivity index (χ0) is 31.9.